The largest absolute Gasteiger partial charge is 0.508 e. The van der Waals surface area contributed by atoms with Gasteiger partial charge in [0, 0.05) is 5.69 Å². The van der Waals surface area contributed by atoms with Crippen LogP contribution in [0.1, 0.15) is 23.6 Å². The summed E-state index contributed by atoms with van der Waals surface area (Å²) >= 11 is 1.66. The van der Waals surface area contributed by atoms with Gasteiger partial charge < -0.3 is 10.4 Å². The number of rotatable bonds is 2. The molecule has 1 heterocycles. The highest BCUT2D eigenvalue weighted by Gasteiger charge is 2.24. The Labute approximate surface area is 120 Å². The van der Waals surface area contributed by atoms with E-state index >= 15 is 0 Å². The lowest BCUT2D eigenvalue weighted by molar-refractivity contribution is 0.469. The smallest absolute Gasteiger partial charge is 0.119 e. The minimum atomic E-state index is 0.280. The number of phenolic OH excluding ortho intramolecular Hbond substituents is 1. The van der Waals surface area contributed by atoms with E-state index in [0.29, 0.717) is 5.75 Å². The number of benzene rings is 2. The molecule has 2 N–H and O–H groups in total. The van der Waals surface area contributed by atoms with Crippen molar-refractivity contribution in [2.75, 3.05) is 5.32 Å². The summed E-state index contributed by atoms with van der Waals surface area (Å²) in [7, 11) is 0. The van der Waals surface area contributed by atoms with Crippen LogP contribution in [0.2, 0.25) is 0 Å². The van der Waals surface area contributed by atoms with E-state index in [1.165, 1.54) is 10.3 Å². The van der Waals surface area contributed by atoms with Crippen LogP contribution in [-0.2, 0) is 6.42 Å². The van der Waals surface area contributed by atoms with Gasteiger partial charge in [-0.15, -0.1) is 11.3 Å². The molecule has 0 saturated heterocycles. The molecule has 0 radical (unpaired) electrons. The highest BCUT2D eigenvalue weighted by Crippen LogP contribution is 2.38. The van der Waals surface area contributed by atoms with Gasteiger partial charge in [0.2, 0.25) is 0 Å². The van der Waals surface area contributed by atoms with Gasteiger partial charge in [-0.2, -0.15) is 0 Å². The molecule has 0 aliphatic heterocycles. The second-order valence-electron chi connectivity index (χ2n) is 5.12. The van der Waals surface area contributed by atoms with Crippen LogP contribution in [0, 0.1) is 0 Å². The number of phenols is 1. The van der Waals surface area contributed by atoms with Crippen molar-refractivity contribution < 1.29 is 5.11 Å². The normalized spacial score (nSPS) is 17.3. The summed E-state index contributed by atoms with van der Waals surface area (Å²) in [5.41, 5.74) is 6.34. The van der Waals surface area contributed by atoms with Crippen molar-refractivity contribution in [1.82, 2.24) is 4.98 Å². The zero-order valence-electron chi connectivity index (χ0n) is 10.8. The van der Waals surface area contributed by atoms with Gasteiger partial charge in [-0.3, -0.25) is 0 Å². The van der Waals surface area contributed by atoms with E-state index in [1.54, 1.807) is 17.4 Å². The first-order valence-electron chi connectivity index (χ1n) is 6.72. The summed E-state index contributed by atoms with van der Waals surface area (Å²) in [6.45, 7) is 0. The third-order valence-corrected chi connectivity index (χ3v) is 4.71. The fourth-order valence-electron chi connectivity index (χ4n) is 2.93. The fourth-order valence-corrected chi connectivity index (χ4v) is 3.65. The van der Waals surface area contributed by atoms with Crippen LogP contribution >= 0.6 is 11.3 Å². The molecule has 0 bridgehead atoms. The summed E-state index contributed by atoms with van der Waals surface area (Å²) in [4.78, 5) is 4.30. The lowest BCUT2D eigenvalue weighted by Gasteiger charge is -2.15. The zero-order chi connectivity index (χ0) is 13.5. The molecule has 1 aliphatic carbocycles. The summed E-state index contributed by atoms with van der Waals surface area (Å²) < 4.78 is 1.20. The maximum atomic E-state index is 9.89. The van der Waals surface area contributed by atoms with Gasteiger partial charge in [-0.1, -0.05) is 12.1 Å². The van der Waals surface area contributed by atoms with E-state index in [1.807, 2.05) is 17.6 Å². The van der Waals surface area contributed by atoms with E-state index in [4.69, 9.17) is 0 Å². The van der Waals surface area contributed by atoms with Crippen molar-refractivity contribution >= 4 is 27.2 Å². The number of hydrogen-bond acceptors (Lipinski definition) is 4. The number of thiazole rings is 1. The molecule has 4 rings (SSSR count). The van der Waals surface area contributed by atoms with Crippen LogP contribution in [0.15, 0.2) is 41.9 Å². The number of fused-ring (bicyclic) bond motifs is 2. The van der Waals surface area contributed by atoms with Gasteiger partial charge in [0.25, 0.3) is 0 Å². The number of anilines is 1. The first-order chi connectivity index (χ1) is 9.81. The van der Waals surface area contributed by atoms with Gasteiger partial charge in [-0.05, 0) is 48.2 Å². The van der Waals surface area contributed by atoms with Gasteiger partial charge in [0.05, 0.1) is 21.8 Å². The number of nitrogens with zero attached hydrogens (tertiary/aromatic N) is 1. The first-order valence-corrected chi connectivity index (χ1v) is 7.60. The summed E-state index contributed by atoms with van der Waals surface area (Å²) in [5, 5.41) is 13.5. The molecule has 1 aromatic heterocycles. The third-order valence-electron chi connectivity index (χ3n) is 3.92. The topological polar surface area (TPSA) is 45.1 Å². The minimum absolute atomic E-state index is 0.280. The molecule has 0 spiro atoms. The molecule has 0 amide bonds. The Morgan fingerprint density at radius 1 is 1.25 bits per heavy atom. The minimum Gasteiger partial charge on any atom is -0.508 e. The van der Waals surface area contributed by atoms with Crippen molar-refractivity contribution in [3.8, 4) is 5.75 Å². The third kappa shape index (κ3) is 1.84. The Morgan fingerprint density at radius 3 is 3.15 bits per heavy atom. The van der Waals surface area contributed by atoms with E-state index in [0.717, 1.165) is 29.6 Å². The van der Waals surface area contributed by atoms with Gasteiger partial charge in [0.1, 0.15) is 5.75 Å². The molecule has 2 aromatic carbocycles. The van der Waals surface area contributed by atoms with Crippen molar-refractivity contribution in [3.05, 3.63) is 53.0 Å². The summed E-state index contributed by atoms with van der Waals surface area (Å²) in [5.74, 6) is 0.421. The van der Waals surface area contributed by atoms with Crippen LogP contribution in [0.4, 0.5) is 5.69 Å². The number of nitrogens with one attached hydrogen (secondary N) is 1. The van der Waals surface area contributed by atoms with Crippen LogP contribution in [0.25, 0.3) is 10.2 Å². The summed E-state index contributed by atoms with van der Waals surface area (Å²) in [6, 6.07) is 12.3. The average Bonchev–Trinajstić information content (AvgIpc) is 3.06. The van der Waals surface area contributed by atoms with Gasteiger partial charge >= 0.3 is 0 Å². The fraction of sp³-hybridized carbons (Fsp3) is 0.188. The molecule has 3 aromatic rings. The quantitative estimate of drug-likeness (QED) is 0.743. The predicted octanol–water partition coefficient (Wildman–Crippen LogP) is 4.10. The van der Waals surface area contributed by atoms with Crippen LogP contribution < -0.4 is 5.32 Å². The number of aromatic nitrogens is 1. The molecular weight excluding hydrogens is 268 g/mol. The van der Waals surface area contributed by atoms with E-state index in [9.17, 15) is 5.11 Å². The van der Waals surface area contributed by atoms with Crippen molar-refractivity contribution in [3.63, 3.8) is 0 Å². The monoisotopic (exact) mass is 282 g/mol. The maximum Gasteiger partial charge on any atom is 0.119 e. The van der Waals surface area contributed by atoms with Crippen LogP contribution in [-0.4, -0.2) is 10.1 Å². The first kappa shape index (κ1) is 11.7. The lowest BCUT2D eigenvalue weighted by Crippen LogP contribution is -2.06. The highest BCUT2D eigenvalue weighted by atomic mass is 32.1. The lowest BCUT2D eigenvalue weighted by atomic mass is 10.1. The van der Waals surface area contributed by atoms with Gasteiger partial charge in [-0.25, -0.2) is 4.98 Å². The molecule has 20 heavy (non-hydrogen) atoms. The molecule has 100 valence electrons. The van der Waals surface area contributed by atoms with Crippen LogP contribution in [0.5, 0.6) is 5.75 Å². The SMILES string of the molecule is Oc1cccc2c1CCC2Nc1ccc2ncsc2c1. The van der Waals surface area contributed by atoms with Crippen molar-refractivity contribution in [2.24, 2.45) is 0 Å². The summed E-state index contributed by atoms with van der Waals surface area (Å²) in [6.07, 6.45) is 1.95. The van der Waals surface area contributed by atoms with E-state index in [-0.39, 0.29) is 6.04 Å². The Balaban J connectivity index is 1.66. The second-order valence-corrected chi connectivity index (χ2v) is 6.00. The zero-order valence-corrected chi connectivity index (χ0v) is 11.7. The molecule has 0 fully saturated rings. The van der Waals surface area contributed by atoms with Crippen molar-refractivity contribution in [1.29, 1.82) is 0 Å². The Morgan fingerprint density at radius 2 is 2.20 bits per heavy atom. The predicted molar refractivity (Wildman–Crippen MR) is 82.4 cm³/mol. The molecule has 1 atom stereocenters. The molecule has 1 aliphatic rings. The van der Waals surface area contributed by atoms with Gasteiger partial charge in [0.15, 0.2) is 0 Å². The Bertz CT molecular complexity index is 781. The highest BCUT2D eigenvalue weighted by molar-refractivity contribution is 7.16. The molecular formula is C16H14N2OS. The van der Waals surface area contributed by atoms with Crippen LogP contribution in [0.3, 0.4) is 0 Å². The average molecular weight is 282 g/mol. The second kappa shape index (κ2) is 4.49. The number of hydrogen-bond donors (Lipinski definition) is 2. The maximum absolute atomic E-state index is 9.89. The standard InChI is InChI=1S/C16H14N2OS/c19-15-3-1-2-11-12(15)5-7-13(11)18-10-4-6-14-16(8-10)20-9-17-14/h1-4,6,8-9,13,18-19H,5,7H2. The van der Waals surface area contributed by atoms with Crippen molar-refractivity contribution in [2.45, 2.75) is 18.9 Å². The molecule has 4 heteroatoms. The molecule has 3 nitrogen and oxygen atoms in total. The molecule has 0 saturated carbocycles. The Hall–Kier alpha value is -2.07. The van der Waals surface area contributed by atoms with E-state index in [2.05, 4.69) is 28.5 Å². The molecule has 1 unspecified atom stereocenters. The Kier molecular flexibility index (Phi) is 2.63. The van der Waals surface area contributed by atoms with E-state index < -0.39 is 0 Å². The number of aromatic hydroxyl groups is 1.